The van der Waals surface area contributed by atoms with Crippen LogP contribution in [0.1, 0.15) is 22.3 Å². The summed E-state index contributed by atoms with van der Waals surface area (Å²) in [6.45, 7) is 0. The summed E-state index contributed by atoms with van der Waals surface area (Å²) in [5.41, 5.74) is 17.5. The largest absolute Gasteiger partial charge is 0.457 e. The van der Waals surface area contributed by atoms with Crippen molar-refractivity contribution in [1.29, 1.82) is 0 Å². The Kier molecular flexibility index (Phi) is 8.32. The van der Waals surface area contributed by atoms with Crippen LogP contribution in [0, 0.1) is 0 Å². The number of benzene rings is 7. The lowest BCUT2D eigenvalue weighted by Gasteiger charge is -2.39. The van der Waals surface area contributed by atoms with Crippen molar-refractivity contribution >= 4 is 0 Å². The maximum absolute atomic E-state index is 6.64. The van der Waals surface area contributed by atoms with Crippen molar-refractivity contribution in [3.63, 3.8) is 0 Å². The van der Waals surface area contributed by atoms with Gasteiger partial charge < -0.3 is 4.74 Å². The minimum Gasteiger partial charge on any atom is -0.457 e. The first kappa shape index (κ1) is 35.6. The standard InChI is InChI=1S/C57H36N4O/c1-3-14-38(15-4-1)50-35-51(39-16-5-2-6-17-39)61-56(60-50)41-19-11-18-40(34-41)42-28-29-49(59-36-42)44-21-13-25-48-55(44)54-43(37-30-32-58-33-31-37)20-12-24-47(54)57(48)45-22-7-9-26-52(45)62-53-27-10-8-23-46(53)57/h1-36H. The van der Waals surface area contributed by atoms with Crippen LogP contribution in [0.5, 0.6) is 11.5 Å². The van der Waals surface area contributed by atoms with E-state index in [9.17, 15) is 0 Å². The van der Waals surface area contributed by atoms with Gasteiger partial charge in [0.1, 0.15) is 11.5 Å². The molecule has 4 heterocycles. The average molecular weight is 793 g/mol. The van der Waals surface area contributed by atoms with Crippen LogP contribution >= 0.6 is 0 Å². The molecule has 290 valence electrons. The molecule has 10 aromatic rings. The van der Waals surface area contributed by atoms with Gasteiger partial charge in [0.05, 0.1) is 22.5 Å². The van der Waals surface area contributed by atoms with E-state index < -0.39 is 5.41 Å². The summed E-state index contributed by atoms with van der Waals surface area (Å²) < 4.78 is 6.64. The monoisotopic (exact) mass is 792 g/mol. The lowest BCUT2D eigenvalue weighted by Crippen LogP contribution is -2.32. The second-order valence-electron chi connectivity index (χ2n) is 15.7. The normalized spacial score (nSPS) is 12.8. The first-order chi connectivity index (χ1) is 30.7. The highest BCUT2D eigenvalue weighted by atomic mass is 16.5. The van der Waals surface area contributed by atoms with Gasteiger partial charge in [-0.3, -0.25) is 9.97 Å². The quantitative estimate of drug-likeness (QED) is 0.168. The number of aromatic nitrogens is 4. The van der Waals surface area contributed by atoms with Crippen molar-refractivity contribution in [2.75, 3.05) is 0 Å². The van der Waals surface area contributed by atoms with Crippen LogP contribution < -0.4 is 4.74 Å². The minimum atomic E-state index is -0.615. The molecule has 0 atom stereocenters. The zero-order chi connectivity index (χ0) is 41.0. The fraction of sp³-hybridized carbons (Fsp3) is 0.0175. The van der Waals surface area contributed by atoms with Crippen LogP contribution in [0.15, 0.2) is 219 Å². The van der Waals surface area contributed by atoms with Crippen LogP contribution in [0.4, 0.5) is 0 Å². The van der Waals surface area contributed by atoms with Crippen molar-refractivity contribution in [2.45, 2.75) is 5.41 Å². The van der Waals surface area contributed by atoms with E-state index in [2.05, 4.69) is 169 Å². The second-order valence-corrected chi connectivity index (χ2v) is 15.7. The summed E-state index contributed by atoms with van der Waals surface area (Å²) in [7, 11) is 0. The molecule has 62 heavy (non-hydrogen) atoms. The summed E-state index contributed by atoms with van der Waals surface area (Å²) in [6.07, 6.45) is 5.73. The molecule has 7 aromatic carbocycles. The highest BCUT2D eigenvalue weighted by Gasteiger charge is 2.52. The number of nitrogens with zero attached hydrogens (tertiary/aromatic N) is 4. The maximum Gasteiger partial charge on any atom is 0.160 e. The van der Waals surface area contributed by atoms with E-state index in [0.717, 1.165) is 84.2 Å². The molecular weight excluding hydrogens is 757 g/mol. The Balaban J connectivity index is 1.00. The first-order valence-electron chi connectivity index (χ1n) is 20.9. The van der Waals surface area contributed by atoms with Gasteiger partial charge in [0.15, 0.2) is 5.82 Å². The Hall–Kier alpha value is -8.28. The van der Waals surface area contributed by atoms with E-state index in [4.69, 9.17) is 19.7 Å². The number of pyridine rings is 2. The van der Waals surface area contributed by atoms with Gasteiger partial charge in [0, 0.05) is 57.5 Å². The third kappa shape index (κ3) is 5.63. The first-order valence-corrected chi connectivity index (χ1v) is 20.9. The highest BCUT2D eigenvalue weighted by molar-refractivity contribution is 6.02. The molecule has 0 radical (unpaired) electrons. The zero-order valence-electron chi connectivity index (χ0n) is 33.5. The molecule has 0 bridgehead atoms. The van der Waals surface area contributed by atoms with Gasteiger partial charge in [0.2, 0.25) is 0 Å². The summed E-state index contributed by atoms with van der Waals surface area (Å²) >= 11 is 0. The minimum absolute atomic E-state index is 0.615. The lowest BCUT2D eigenvalue weighted by molar-refractivity contribution is 0.436. The number of hydrogen-bond acceptors (Lipinski definition) is 5. The smallest absolute Gasteiger partial charge is 0.160 e. The predicted molar refractivity (Wildman–Crippen MR) is 248 cm³/mol. The van der Waals surface area contributed by atoms with E-state index in [0.29, 0.717) is 5.82 Å². The van der Waals surface area contributed by atoms with Crippen molar-refractivity contribution in [2.24, 2.45) is 0 Å². The van der Waals surface area contributed by atoms with E-state index in [-0.39, 0.29) is 0 Å². The van der Waals surface area contributed by atoms with Crippen LogP contribution in [-0.2, 0) is 5.41 Å². The zero-order valence-corrected chi connectivity index (χ0v) is 33.5. The van der Waals surface area contributed by atoms with Crippen molar-refractivity contribution in [1.82, 2.24) is 19.9 Å². The SMILES string of the molecule is c1ccc(-c2cc(-c3ccccc3)nc(-c3cccc(-c4ccc(-c5cccc6c5-c5c(-c7ccncc7)cccc5C65c6ccccc6Oc6ccccc65)nc4)c3)n2)cc1. The van der Waals surface area contributed by atoms with Crippen LogP contribution in [0.2, 0.25) is 0 Å². The van der Waals surface area contributed by atoms with Gasteiger partial charge in [-0.25, -0.2) is 9.97 Å². The van der Waals surface area contributed by atoms with E-state index in [1.807, 2.05) is 55.0 Å². The Morgan fingerprint density at radius 3 is 1.52 bits per heavy atom. The van der Waals surface area contributed by atoms with Crippen LogP contribution in [0.3, 0.4) is 0 Å². The van der Waals surface area contributed by atoms with Gasteiger partial charge in [-0.05, 0) is 81.4 Å². The van der Waals surface area contributed by atoms with Gasteiger partial charge in [-0.1, -0.05) is 158 Å². The molecule has 1 aliphatic carbocycles. The summed E-state index contributed by atoms with van der Waals surface area (Å²) in [4.78, 5) is 19.8. The molecule has 0 N–H and O–H groups in total. The molecular formula is C57H36N4O. The molecule has 0 unspecified atom stereocenters. The molecule has 0 saturated carbocycles. The van der Waals surface area contributed by atoms with Gasteiger partial charge in [-0.2, -0.15) is 0 Å². The van der Waals surface area contributed by atoms with Crippen LogP contribution in [-0.4, -0.2) is 19.9 Å². The fourth-order valence-corrected chi connectivity index (χ4v) is 9.63. The maximum atomic E-state index is 6.64. The molecule has 1 spiro atoms. The Morgan fingerprint density at radius 1 is 0.355 bits per heavy atom. The Bertz CT molecular complexity index is 3210. The molecule has 0 amide bonds. The molecule has 0 fully saturated rings. The van der Waals surface area contributed by atoms with E-state index in [1.165, 1.54) is 22.3 Å². The average Bonchev–Trinajstić information content (AvgIpc) is 3.66. The number of rotatable bonds is 6. The summed E-state index contributed by atoms with van der Waals surface area (Å²) in [5.74, 6) is 2.40. The molecule has 5 heteroatoms. The fourth-order valence-electron chi connectivity index (χ4n) is 9.63. The highest BCUT2D eigenvalue weighted by Crippen LogP contribution is 2.64. The number of hydrogen-bond donors (Lipinski definition) is 0. The van der Waals surface area contributed by atoms with Crippen LogP contribution in [0.25, 0.3) is 78.5 Å². The van der Waals surface area contributed by atoms with Gasteiger partial charge in [-0.15, -0.1) is 0 Å². The van der Waals surface area contributed by atoms with Gasteiger partial charge >= 0.3 is 0 Å². The van der Waals surface area contributed by atoms with Crippen molar-refractivity contribution < 1.29 is 4.74 Å². The Labute approximate surface area is 359 Å². The Morgan fingerprint density at radius 2 is 0.887 bits per heavy atom. The summed E-state index contributed by atoms with van der Waals surface area (Å²) in [5, 5.41) is 0. The molecule has 12 rings (SSSR count). The van der Waals surface area contributed by atoms with Crippen molar-refractivity contribution in [3.8, 4) is 90.0 Å². The topological polar surface area (TPSA) is 60.8 Å². The van der Waals surface area contributed by atoms with Gasteiger partial charge in [0.25, 0.3) is 0 Å². The molecule has 5 nitrogen and oxygen atoms in total. The summed E-state index contributed by atoms with van der Waals surface area (Å²) in [6, 6.07) is 70.0. The third-order valence-electron chi connectivity index (χ3n) is 12.3. The van der Waals surface area contributed by atoms with E-state index >= 15 is 0 Å². The molecule has 1 aliphatic heterocycles. The third-order valence-corrected chi connectivity index (χ3v) is 12.3. The predicted octanol–water partition coefficient (Wildman–Crippen LogP) is 13.7. The van der Waals surface area contributed by atoms with E-state index in [1.54, 1.807) is 0 Å². The second kappa shape index (κ2) is 14.5. The number of fused-ring (bicyclic) bond motifs is 9. The molecule has 0 saturated heterocycles. The molecule has 3 aromatic heterocycles. The number of ether oxygens (including phenoxy) is 1. The number of para-hydroxylation sites is 2. The van der Waals surface area contributed by atoms with Crippen molar-refractivity contribution in [3.05, 3.63) is 241 Å². The molecule has 2 aliphatic rings. The lowest BCUT2D eigenvalue weighted by atomic mass is 9.66.